The quantitative estimate of drug-likeness (QED) is 0.746. The third-order valence-corrected chi connectivity index (χ3v) is 3.03. The first-order chi connectivity index (χ1) is 6.75. The highest BCUT2D eigenvalue weighted by Gasteiger charge is 2.19. The SMILES string of the molecule is FC1CCCN(c2cccc(Br)c2)C1. The molecule has 0 aromatic heterocycles. The molecule has 3 heteroatoms. The summed E-state index contributed by atoms with van der Waals surface area (Å²) in [7, 11) is 0. The van der Waals surface area contributed by atoms with Crippen LogP contribution >= 0.6 is 15.9 Å². The second-order valence-electron chi connectivity index (χ2n) is 3.67. The van der Waals surface area contributed by atoms with Crippen LogP contribution in [0.4, 0.5) is 10.1 Å². The Morgan fingerprint density at radius 3 is 3.00 bits per heavy atom. The van der Waals surface area contributed by atoms with E-state index in [0.29, 0.717) is 13.0 Å². The van der Waals surface area contributed by atoms with Crippen LogP contribution in [0.1, 0.15) is 12.8 Å². The average molecular weight is 258 g/mol. The summed E-state index contributed by atoms with van der Waals surface area (Å²) in [6.45, 7) is 1.51. The number of piperidine rings is 1. The molecular weight excluding hydrogens is 245 g/mol. The Hall–Kier alpha value is -0.570. The van der Waals surface area contributed by atoms with E-state index in [1.54, 1.807) is 0 Å². The van der Waals surface area contributed by atoms with Gasteiger partial charge in [0.2, 0.25) is 0 Å². The molecule has 1 aliphatic rings. The molecule has 0 bridgehead atoms. The zero-order valence-corrected chi connectivity index (χ0v) is 9.50. The lowest BCUT2D eigenvalue weighted by molar-refractivity contribution is 0.287. The predicted octanol–water partition coefficient (Wildman–Crippen LogP) is 3.39. The summed E-state index contributed by atoms with van der Waals surface area (Å²) in [5.74, 6) is 0. The van der Waals surface area contributed by atoms with Crippen molar-refractivity contribution in [1.29, 1.82) is 0 Å². The molecule has 76 valence electrons. The molecule has 0 amide bonds. The summed E-state index contributed by atoms with van der Waals surface area (Å²) in [5, 5.41) is 0. The van der Waals surface area contributed by atoms with Crippen LogP contribution in [0, 0.1) is 0 Å². The number of anilines is 1. The highest BCUT2D eigenvalue weighted by molar-refractivity contribution is 9.10. The van der Waals surface area contributed by atoms with Crippen LogP contribution in [0.2, 0.25) is 0 Å². The molecule has 1 fully saturated rings. The molecule has 0 saturated carbocycles. The largest absolute Gasteiger partial charge is 0.369 e. The van der Waals surface area contributed by atoms with Crippen molar-refractivity contribution in [3.63, 3.8) is 0 Å². The molecule has 2 rings (SSSR count). The number of rotatable bonds is 1. The van der Waals surface area contributed by atoms with Crippen LogP contribution in [0.3, 0.4) is 0 Å². The van der Waals surface area contributed by atoms with E-state index >= 15 is 0 Å². The molecule has 1 aliphatic heterocycles. The van der Waals surface area contributed by atoms with Gasteiger partial charge in [0, 0.05) is 23.2 Å². The summed E-state index contributed by atoms with van der Waals surface area (Å²) in [6.07, 6.45) is 1.00. The first kappa shape index (κ1) is 9.97. The van der Waals surface area contributed by atoms with Crippen molar-refractivity contribution >= 4 is 21.6 Å². The molecule has 0 spiro atoms. The molecular formula is C11H13BrFN. The summed E-state index contributed by atoms with van der Waals surface area (Å²) < 4.78 is 14.2. The first-order valence-electron chi connectivity index (χ1n) is 4.90. The maximum absolute atomic E-state index is 13.2. The van der Waals surface area contributed by atoms with Gasteiger partial charge in [-0.1, -0.05) is 22.0 Å². The van der Waals surface area contributed by atoms with Gasteiger partial charge in [-0.05, 0) is 31.0 Å². The number of hydrogen-bond acceptors (Lipinski definition) is 1. The van der Waals surface area contributed by atoms with Crippen LogP contribution in [-0.2, 0) is 0 Å². The molecule has 1 saturated heterocycles. The molecule has 14 heavy (non-hydrogen) atoms. The Kier molecular flexibility index (Phi) is 3.06. The number of hydrogen-bond donors (Lipinski definition) is 0. The molecule has 1 aromatic rings. The standard InChI is InChI=1S/C11H13BrFN/c12-9-3-1-5-11(7-9)14-6-2-4-10(13)8-14/h1,3,5,7,10H,2,4,6,8H2. The van der Waals surface area contributed by atoms with Gasteiger partial charge in [0.1, 0.15) is 6.17 Å². The third-order valence-electron chi connectivity index (χ3n) is 2.54. The molecule has 1 nitrogen and oxygen atoms in total. The van der Waals surface area contributed by atoms with E-state index in [1.165, 1.54) is 0 Å². The van der Waals surface area contributed by atoms with E-state index in [4.69, 9.17) is 0 Å². The first-order valence-corrected chi connectivity index (χ1v) is 5.69. The predicted molar refractivity (Wildman–Crippen MR) is 60.5 cm³/mol. The number of alkyl halides is 1. The van der Waals surface area contributed by atoms with Gasteiger partial charge in [0.25, 0.3) is 0 Å². The van der Waals surface area contributed by atoms with Crippen molar-refractivity contribution in [3.8, 4) is 0 Å². The molecule has 1 heterocycles. The summed E-state index contributed by atoms with van der Waals surface area (Å²) in [5.41, 5.74) is 1.11. The van der Waals surface area contributed by atoms with Crippen molar-refractivity contribution in [2.24, 2.45) is 0 Å². The molecule has 0 radical (unpaired) electrons. The van der Waals surface area contributed by atoms with Gasteiger partial charge in [-0.2, -0.15) is 0 Å². The minimum atomic E-state index is -0.664. The zero-order valence-electron chi connectivity index (χ0n) is 7.92. The fraction of sp³-hybridized carbons (Fsp3) is 0.455. The van der Waals surface area contributed by atoms with Crippen molar-refractivity contribution in [2.45, 2.75) is 19.0 Å². The van der Waals surface area contributed by atoms with Gasteiger partial charge < -0.3 is 4.90 Å². The van der Waals surface area contributed by atoms with E-state index in [-0.39, 0.29) is 0 Å². The summed E-state index contributed by atoms with van der Waals surface area (Å²) >= 11 is 3.42. The Morgan fingerprint density at radius 1 is 1.43 bits per heavy atom. The lowest BCUT2D eigenvalue weighted by atomic mass is 10.1. The van der Waals surface area contributed by atoms with Gasteiger partial charge in [-0.15, -0.1) is 0 Å². The second kappa shape index (κ2) is 4.30. The highest BCUT2D eigenvalue weighted by Crippen LogP contribution is 2.24. The van der Waals surface area contributed by atoms with E-state index in [2.05, 4.69) is 20.8 Å². The summed E-state index contributed by atoms with van der Waals surface area (Å²) in [4.78, 5) is 2.11. The van der Waals surface area contributed by atoms with Crippen molar-refractivity contribution in [2.75, 3.05) is 18.0 Å². The lowest BCUT2D eigenvalue weighted by Crippen LogP contribution is -2.36. The fourth-order valence-electron chi connectivity index (χ4n) is 1.83. The second-order valence-corrected chi connectivity index (χ2v) is 4.58. The number of nitrogens with zero attached hydrogens (tertiary/aromatic N) is 1. The maximum Gasteiger partial charge on any atom is 0.118 e. The third kappa shape index (κ3) is 2.27. The van der Waals surface area contributed by atoms with E-state index in [0.717, 1.165) is 23.1 Å². The highest BCUT2D eigenvalue weighted by atomic mass is 79.9. The molecule has 0 aliphatic carbocycles. The minimum absolute atomic E-state index is 0.538. The molecule has 1 aromatic carbocycles. The molecule has 1 atom stereocenters. The average Bonchev–Trinajstić information content (AvgIpc) is 2.18. The Bertz CT molecular complexity index is 316. The summed E-state index contributed by atoms with van der Waals surface area (Å²) in [6, 6.07) is 8.04. The smallest absolute Gasteiger partial charge is 0.118 e. The topological polar surface area (TPSA) is 3.24 Å². The Balaban J connectivity index is 2.14. The van der Waals surface area contributed by atoms with Crippen molar-refractivity contribution in [1.82, 2.24) is 0 Å². The monoisotopic (exact) mass is 257 g/mol. The lowest BCUT2D eigenvalue weighted by Gasteiger charge is -2.31. The normalized spacial score (nSPS) is 22.4. The van der Waals surface area contributed by atoms with E-state index < -0.39 is 6.17 Å². The zero-order chi connectivity index (χ0) is 9.97. The van der Waals surface area contributed by atoms with Crippen LogP contribution < -0.4 is 4.90 Å². The van der Waals surface area contributed by atoms with Gasteiger partial charge in [-0.3, -0.25) is 0 Å². The molecule has 1 unspecified atom stereocenters. The number of halogens is 2. The van der Waals surface area contributed by atoms with Crippen LogP contribution in [0.15, 0.2) is 28.7 Å². The van der Waals surface area contributed by atoms with Gasteiger partial charge >= 0.3 is 0 Å². The number of benzene rings is 1. The molecule has 0 N–H and O–H groups in total. The van der Waals surface area contributed by atoms with E-state index in [9.17, 15) is 4.39 Å². The van der Waals surface area contributed by atoms with Crippen molar-refractivity contribution in [3.05, 3.63) is 28.7 Å². The van der Waals surface area contributed by atoms with Gasteiger partial charge in [-0.25, -0.2) is 4.39 Å². The Morgan fingerprint density at radius 2 is 2.29 bits per heavy atom. The Labute approximate surface area is 92.0 Å². The fourth-order valence-corrected chi connectivity index (χ4v) is 2.22. The van der Waals surface area contributed by atoms with Gasteiger partial charge in [0.15, 0.2) is 0 Å². The maximum atomic E-state index is 13.2. The van der Waals surface area contributed by atoms with E-state index in [1.807, 2.05) is 24.3 Å². The van der Waals surface area contributed by atoms with Crippen molar-refractivity contribution < 1.29 is 4.39 Å². The van der Waals surface area contributed by atoms with Crippen LogP contribution in [0.5, 0.6) is 0 Å². The minimum Gasteiger partial charge on any atom is -0.369 e. The van der Waals surface area contributed by atoms with Crippen LogP contribution in [0.25, 0.3) is 0 Å². The van der Waals surface area contributed by atoms with Crippen LogP contribution in [-0.4, -0.2) is 19.3 Å². The van der Waals surface area contributed by atoms with Gasteiger partial charge in [0.05, 0.1) is 0 Å².